The fourth-order valence-electron chi connectivity index (χ4n) is 5.01. The number of hydrogen-bond acceptors (Lipinski definition) is 7. The van der Waals surface area contributed by atoms with E-state index in [4.69, 9.17) is 15.6 Å². The molecule has 1 aromatic carbocycles. The second-order valence-electron chi connectivity index (χ2n) is 11.7. The second kappa shape index (κ2) is 20.4. The van der Waals surface area contributed by atoms with E-state index in [9.17, 15) is 41.9 Å². The SMILES string of the molecule is CCCCCCCCCC(C)C(=O)NC(CCC(N)=O)C(=O)C[C@@H](CCC(=O)O)C(=O)COC(=O)c1c(C)cccc1C(F)(F)F. The molecule has 0 spiro atoms. The van der Waals surface area contributed by atoms with Crippen molar-refractivity contribution in [1.29, 1.82) is 0 Å². The third-order valence-corrected chi connectivity index (χ3v) is 7.81. The van der Waals surface area contributed by atoms with Crippen molar-refractivity contribution < 1.29 is 51.8 Å². The summed E-state index contributed by atoms with van der Waals surface area (Å²) < 4.78 is 45.3. The molecule has 0 aliphatic carbocycles. The van der Waals surface area contributed by atoms with Gasteiger partial charge in [0, 0.05) is 31.1 Å². The van der Waals surface area contributed by atoms with Crippen molar-refractivity contribution in [2.24, 2.45) is 17.6 Å². The van der Waals surface area contributed by atoms with E-state index < -0.39 is 89.9 Å². The van der Waals surface area contributed by atoms with Gasteiger partial charge in [0.1, 0.15) is 0 Å². The number of hydrogen-bond donors (Lipinski definition) is 3. The fourth-order valence-corrected chi connectivity index (χ4v) is 5.01. The summed E-state index contributed by atoms with van der Waals surface area (Å²) >= 11 is 0. The molecule has 0 aliphatic heterocycles. The number of esters is 1. The van der Waals surface area contributed by atoms with Crippen molar-refractivity contribution in [3.63, 3.8) is 0 Å². The van der Waals surface area contributed by atoms with E-state index in [1.54, 1.807) is 6.92 Å². The van der Waals surface area contributed by atoms with E-state index in [1.807, 2.05) is 0 Å². The molecule has 0 saturated carbocycles. The van der Waals surface area contributed by atoms with Gasteiger partial charge in [-0.1, -0.05) is 70.9 Å². The first kappa shape index (κ1) is 40.3. The Balaban J connectivity index is 2.96. The lowest BCUT2D eigenvalue weighted by Gasteiger charge is -2.22. The van der Waals surface area contributed by atoms with Crippen molar-refractivity contribution in [2.75, 3.05) is 6.61 Å². The summed E-state index contributed by atoms with van der Waals surface area (Å²) in [6.07, 6.45) is 1.37. The maximum atomic E-state index is 13.5. The van der Waals surface area contributed by atoms with Gasteiger partial charge in [0.15, 0.2) is 18.2 Å². The normalized spacial score (nSPS) is 13.3. The van der Waals surface area contributed by atoms with E-state index in [0.717, 1.165) is 38.2 Å². The lowest BCUT2D eigenvalue weighted by atomic mass is 9.89. The number of carbonyl (C=O) groups is 6. The molecule has 4 N–H and O–H groups in total. The largest absolute Gasteiger partial charge is 0.481 e. The number of primary amides is 1. The summed E-state index contributed by atoms with van der Waals surface area (Å²) in [5, 5.41) is 11.8. The molecule has 0 saturated heterocycles. The fraction of sp³-hybridized carbons (Fsp3) is 0.636. The summed E-state index contributed by atoms with van der Waals surface area (Å²) in [5.74, 6) is -7.07. The molecular formula is C33H47F3N2O8. The van der Waals surface area contributed by atoms with Crippen LogP contribution in [0.4, 0.5) is 13.2 Å². The molecule has 0 bridgehead atoms. The van der Waals surface area contributed by atoms with Crippen LogP contribution in [-0.4, -0.2) is 53.1 Å². The molecule has 0 fully saturated rings. The minimum absolute atomic E-state index is 0.0286. The van der Waals surface area contributed by atoms with Crippen LogP contribution in [0.15, 0.2) is 18.2 Å². The Morgan fingerprint density at radius 1 is 0.913 bits per heavy atom. The van der Waals surface area contributed by atoms with Gasteiger partial charge in [0.25, 0.3) is 0 Å². The molecule has 1 aromatic rings. The van der Waals surface area contributed by atoms with Crippen molar-refractivity contribution in [3.8, 4) is 0 Å². The van der Waals surface area contributed by atoms with Gasteiger partial charge in [-0.3, -0.25) is 24.0 Å². The highest BCUT2D eigenvalue weighted by Crippen LogP contribution is 2.33. The standard InChI is InChI=1S/C33H47F3N2O8/c1-4-5-6-7-8-9-10-12-22(3)31(44)38-25(16-17-28(37)41)26(39)19-23(15-18-29(42)43)27(40)20-46-32(45)30-21(2)13-11-14-24(30)33(34,35)36/h11,13-14,22-23,25H,4-10,12,15-20H2,1-3H3,(H2,37,41)(H,38,44)(H,42,43)/t22?,23-,25?/m1/s1. The first-order chi connectivity index (χ1) is 21.6. The first-order valence-electron chi connectivity index (χ1n) is 15.8. The average Bonchev–Trinajstić information content (AvgIpc) is 2.98. The summed E-state index contributed by atoms with van der Waals surface area (Å²) in [7, 11) is 0. The van der Waals surface area contributed by atoms with Crippen LogP contribution in [0.3, 0.4) is 0 Å². The number of carboxylic acid groups (broad SMARTS) is 1. The van der Waals surface area contributed by atoms with Gasteiger partial charge >= 0.3 is 18.1 Å². The third kappa shape index (κ3) is 15.0. The summed E-state index contributed by atoms with van der Waals surface area (Å²) in [4.78, 5) is 74.6. The Bertz CT molecular complexity index is 1200. The molecule has 2 unspecified atom stereocenters. The number of Topliss-reactive ketones (excluding diaryl/α,β-unsaturated/α-hetero) is 2. The molecule has 2 amide bonds. The number of carbonyl (C=O) groups excluding carboxylic acids is 5. The van der Waals surface area contributed by atoms with Gasteiger partial charge in [-0.25, -0.2) is 4.79 Å². The lowest BCUT2D eigenvalue weighted by Crippen LogP contribution is -2.44. The summed E-state index contributed by atoms with van der Waals surface area (Å²) in [6, 6.07) is 1.91. The number of unbranched alkanes of at least 4 members (excludes halogenated alkanes) is 6. The molecule has 0 radical (unpaired) electrons. The summed E-state index contributed by atoms with van der Waals surface area (Å²) in [6.45, 7) is 4.13. The first-order valence-corrected chi connectivity index (χ1v) is 15.8. The number of carboxylic acids is 1. The zero-order valence-electron chi connectivity index (χ0n) is 26.9. The van der Waals surface area contributed by atoms with Crippen LogP contribution >= 0.6 is 0 Å². The highest BCUT2D eigenvalue weighted by atomic mass is 19.4. The van der Waals surface area contributed by atoms with E-state index >= 15 is 0 Å². The molecule has 0 aromatic heterocycles. The van der Waals surface area contributed by atoms with Crippen LogP contribution < -0.4 is 11.1 Å². The number of aliphatic carboxylic acids is 1. The molecule has 258 valence electrons. The van der Waals surface area contributed by atoms with Crippen LogP contribution in [0.25, 0.3) is 0 Å². The number of benzene rings is 1. The molecular weight excluding hydrogens is 609 g/mol. The highest BCUT2D eigenvalue weighted by molar-refractivity contribution is 5.97. The van der Waals surface area contributed by atoms with Crippen molar-refractivity contribution in [1.82, 2.24) is 5.32 Å². The number of amides is 2. The monoisotopic (exact) mass is 656 g/mol. The predicted octanol–water partition coefficient (Wildman–Crippen LogP) is 5.71. The van der Waals surface area contributed by atoms with E-state index in [0.29, 0.717) is 12.5 Å². The van der Waals surface area contributed by atoms with Crippen molar-refractivity contribution in [2.45, 2.75) is 116 Å². The van der Waals surface area contributed by atoms with Gasteiger partial charge in [-0.2, -0.15) is 13.2 Å². The van der Waals surface area contributed by atoms with Gasteiger partial charge in [0.2, 0.25) is 11.8 Å². The van der Waals surface area contributed by atoms with Crippen molar-refractivity contribution in [3.05, 3.63) is 34.9 Å². The lowest BCUT2D eigenvalue weighted by molar-refractivity contribution is -0.138. The molecule has 0 heterocycles. The molecule has 13 heteroatoms. The number of nitrogens with two attached hydrogens (primary N) is 1. The highest BCUT2D eigenvalue weighted by Gasteiger charge is 2.37. The molecule has 46 heavy (non-hydrogen) atoms. The quantitative estimate of drug-likeness (QED) is 0.0994. The molecule has 1 rings (SSSR count). The van der Waals surface area contributed by atoms with Crippen LogP contribution in [-0.2, 0) is 34.9 Å². The Morgan fingerprint density at radius 3 is 2.13 bits per heavy atom. The maximum Gasteiger partial charge on any atom is 0.417 e. The molecule has 3 atom stereocenters. The third-order valence-electron chi connectivity index (χ3n) is 7.81. The van der Waals surface area contributed by atoms with E-state index in [2.05, 4.69) is 12.2 Å². The number of aryl methyl sites for hydroxylation is 1. The second-order valence-corrected chi connectivity index (χ2v) is 11.7. The van der Waals surface area contributed by atoms with E-state index in [1.165, 1.54) is 25.8 Å². The van der Waals surface area contributed by atoms with Gasteiger partial charge in [-0.15, -0.1) is 0 Å². The number of alkyl halides is 3. The Labute approximate surface area is 268 Å². The average molecular weight is 657 g/mol. The number of nitrogens with one attached hydrogen (secondary N) is 1. The van der Waals surface area contributed by atoms with Crippen molar-refractivity contribution >= 4 is 35.3 Å². The number of halogens is 3. The number of ether oxygens (including phenoxy) is 1. The maximum absolute atomic E-state index is 13.5. The Kier molecular flexibility index (Phi) is 17.8. The van der Waals surface area contributed by atoms with Gasteiger partial charge in [0.05, 0.1) is 17.2 Å². The Morgan fingerprint density at radius 2 is 1.54 bits per heavy atom. The topological polar surface area (TPSA) is 170 Å². The minimum atomic E-state index is -4.86. The zero-order valence-corrected chi connectivity index (χ0v) is 26.9. The van der Waals surface area contributed by atoms with Crippen LogP contribution in [0.1, 0.15) is 119 Å². The molecule has 10 nitrogen and oxygen atoms in total. The predicted molar refractivity (Wildman–Crippen MR) is 164 cm³/mol. The number of rotatable bonds is 23. The molecule has 0 aliphatic rings. The number of ketones is 2. The Hall–Kier alpha value is -3.77. The van der Waals surface area contributed by atoms with Crippen LogP contribution in [0.5, 0.6) is 0 Å². The van der Waals surface area contributed by atoms with Gasteiger partial charge < -0.3 is 20.9 Å². The summed E-state index contributed by atoms with van der Waals surface area (Å²) in [5.41, 5.74) is 3.22. The van der Waals surface area contributed by atoms with E-state index in [-0.39, 0.29) is 24.8 Å². The smallest absolute Gasteiger partial charge is 0.417 e. The van der Waals surface area contributed by atoms with Gasteiger partial charge in [-0.05, 0) is 37.8 Å². The van der Waals surface area contributed by atoms with Crippen LogP contribution in [0, 0.1) is 18.8 Å². The van der Waals surface area contributed by atoms with Crippen LogP contribution in [0.2, 0.25) is 0 Å². The zero-order chi connectivity index (χ0) is 34.9. The minimum Gasteiger partial charge on any atom is -0.481 e.